The van der Waals surface area contributed by atoms with Crippen LogP contribution in [-0.4, -0.2) is 19.9 Å². The summed E-state index contributed by atoms with van der Waals surface area (Å²) in [6.45, 7) is 2.08. The van der Waals surface area contributed by atoms with Gasteiger partial charge in [-0.25, -0.2) is 9.59 Å². The lowest BCUT2D eigenvalue weighted by Gasteiger charge is -1.87. The molecular weight excluding hydrogens is 392 g/mol. The van der Waals surface area contributed by atoms with Crippen LogP contribution in [0, 0.1) is 22.6 Å². The summed E-state index contributed by atoms with van der Waals surface area (Å²) in [5.41, 5.74) is -1.43. The lowest BCUT2D eigenvalue weighted by molar-refractivity contribution is 0.828. The highest BCUT2D eigenvalue weighted by atomic mass is 79.9. The molecule has 0 atom stereocenters. The Bertz CT molecular complexity index is 1050. The Labute approximate surface area is 150 Å². The smallest absolute Gasteiger partial charge is 0.313 e. The van der Waals surface area contributed by atoms with Crippen LogP contribution in [0.15, 0.2) is 31.6 Å². The minimum absolute atomic E-state index is 0.224. The molecule has 0 aliphatic heterocycles. The molecule has 0 aliphatic carbocycles. The van der Waals surface area contributed by atoms with Gasteiger partial charge in [0.2, 0.25) is 0 Å². The molecule has 0 bridgehead atoms. The average molecular weight is 407 g/mol. The summed E-state index contributed by atoms with van der Waals surface area (Å²) in [7, 11) is 0. The Hall–Kier alpha value is -3.04. The zero-order valence-electron chi connectivity index (χ0n) is 13.3. The van der Waals surface area contributed by atoms with E-state index < -0.39 is 22.5 Å². The first-order valence-electron chi connectivity index (χ1n) is 7.22. The van der Waals surface area contributed by atoms with Gasteiger partial charge in [-0.05, 0) is 17.2 Å². The monoisotopic (exact) mass is 406 g/mol. The predicted octanol–water partition coefficient (Wildman–Crippen LogP) is 0.372. The first kappa shape index (κ1) is 20.0. The molecule has 0 saturated heterocycles. The van der Waals surface area contributed by atoms with Crippen molar-refractivity contribution in [1.29, 1.82) is 0 Å². The number of aromatic nitrogens is 4. The van der Waals surface area contributed by atoms with Gasteiger partial charge in [0, 0.05) is 34.7 Å². The number of H-pyrrole nitrogens is 4. The van der Waals surface area contributed by atoms with Gasteiger partial charge in [-0.3, -0.25) is 19.6 Å². The third-order valence-corrected chi connectivity index (χ3v) is 2.90. The minimum Gasteiger partial charge on any atom is -0.313 e. The highest BCUT2D eigenvalue weighted by Crippen LogP contribution is 1.91. The number of hydrogen-bond acceptors (Lipinski definition) is 4. The zero-order valence-corrected chi connectivity index (χ0v) is 14.9. The standard InChI is InChI=1S/C10H12N2O2.C6H3BrN2O2/c1-2-3-4-5-6-8-7-11-10(14)12-9(8)13;7-2-1-4-3-8-6(11)9-5(4)10/h7H,2-4H2,1H3,(H2,11,12,13,14);3H,(H2,8,9,10,11). The molecule has 130 valence electrons. The van der Waals surface area contributed by atoms with Gasteiger partial charge in [0.05, 0.1) is 0 Å². The maximum Gasteiger partial charge on any atom is 0.325 e. The Kier molecular flexibility index (Phi) is 8.55. The molecule has 0 radical (unpaired) electrons. The second-order valence-corrected chi connectivity index (χ2v) is 4.99. The molecule has 0 saturated carbocycles. The van der Waals surface area contributed by atoms with Crippen molar-refractivity contribution in [3.63, 3.8) is 0 Å². The third kappa shape index (κ3) is 7.38. The van der Waals surface area contributed by atoms with Crippen molar-refractivity contribution >= 4 is 15.9 Å². The Morgan fingerprint density at radius 2 is 1.44 bits per heavy atom. The van der Waals surface area contributed by atoms with E-state index >= 15 is 0 Å². The summed E-state index contributed by atoms with van der Waals surface area (Å²) < 4.78 is 0. The van der Waals surface area contributed by atoms with Gasteiger partial charge in [0.25, 0.3) is 11.1 Å². The average Bonchev–Trinajstić information content (AvgIpc) is 2.57. The molecule has 0 unspecified atom stereocenters. The summed E-state index contributed by atoms with van der Waals surface area (Å²) >= 11 is 2.83. The highest BCUT2D eigenvalue weighted by molar-refractivity contribution is 9.12. The van der Waals surface area contributed by atoms with E-state index in [9.17, 15) is 19.2 Å². The van der Waals surface area contributed by atoms with Crippen molar-refractivity contribution in [3.8, 4) is 22.6 Å². The van der Waals surface area contributed by atoms with E-state index in [1.165, 1.54) is 12.4 Å². The van der Waals surface area contributed by atoms with Crippen LogP contribution in [0.5, 0.6) is 0 Å². The van der Waals surface area contributed by atoms with Crippen LogP contribution in [0.2, 0.25) is 0 Å². The molecule has 0 aromatic carbocycles. The van der Waals surface area contributed by atoms with Gasteiger partial charge < -0.3 is 9.97 Å². The Morgan fingerprint density at radius 3 is 1.88 bits per heavy atom. The summed E-state index contributed by atoms with van der Waals surface area (Å²) in [4.78, 5) is 54.3. The van der Waals surface area contributed by atoms with E-state index in [2.05, 4.69) is 60.4 Å². The van der Waals surface area contributed by atoms with Crippen molar-refractivity contribution in [2.75, 3.05) is 0 Å². The van der Waals surface area contributed by atoms with Crippen LogP contribution < -0.4 is 22.5 Å². The maximum absolute atomic E-state index is 11.1. The maximum atomic E-state index is 11.1. The molecule has 0 aliphatic rings. The van der Waals surface area contributed by atoms with Crippen molar-refractivity contribution in [2.24, 2.45) is 0 Å². The van der Waals surface area contributed by atoms with Crippen molar-refractivity contribution in [1.82, 2.24) is 19.9 Å². The van der Waals surface area contributed by atoms with Gasteiger partial charge in [-0.2, -0.15) is 0 Å². The summed E-state index contributed by atoms with van der Waals surface area (Å²) in [5.74, 6) is 8.04. The third-order valence-electron chi connectivity index (χ3n) is 2.70. The fourth-order valence-electron chi connectivity index (χ4n) is 1.48. The molecule has 2 aromatic heterocycles. The molecule has 2 aromatic rings. The van der Waals surface area contributed by atoms with Crippen LogP contribution in [0.25, 0.3) is 0 Å². The number of rotatable bonds is 2. The fraction of sp³-hybridized carbons (Fsp3) is 0.250. The second kappa shape index (κ2) is 10.7. The molecule has 2 rings (SSSR count). The minimum atomic E-state index is -0.532. The first-order chi connectivity index (χ1) is 12.0. The Morgan fingerprint density at radius 1 is 0.920 bits per heavy atom. The summed E-state index contributed by atoms with van der Waals surface area (Å²) in [6, 6.07) is 0. The molecule has 9 heteroatoms. The quantitative estimate of drug-likeness (QED) is 0.423. The number of unbranched alkanes of at least 4 members (excludes halogenated alkanes) is 2. The number of halogens is 1. The molecule has 25 heavy (non-hydrogen) atoms. The first-order valence-corrected chi connectivity index (χ1v) is 8.01. The highest BCUT2D eigenvalue weighted by Gasteiger charge is 1.94. The van der Waals surface area contributed by atoms with Crippen molar-refractivity contribution < 1.29 is 0 Å². The number of nitrogens with one attached hydrogen (secondary N) is 4. The SMILES string of the molecule is CCCCC#Cc1c[nH]c(=O)[nH]c1=O.O=c1[nH]cc(C#CBr)c(=O)[nH]1. The van der Waals surface area contributed by atoms with E-state index in [0.717, 1.165) is 19.3 Å². The molecule has 2 heterocycles. The van der Waals surface area contributed by atoms with Crippen LogP contribution in [0.3, 0.4) is 0 Å². The second-order valence-electron chi connectivity index (χ2n) is 4.60. The van der Waals surface area contributed by atoms with Crippen molar-refractivity contribution in [2.45, 2.75) is 26.2 Å². The van der Waals surface area contributed by atoms with Gasteiger partial charge in [-0.15, -0.1) is 0 Å². The molecular formula is C16H15BrN4O4. The van der Waals surface area contributed by atoms with E-state index in [1.807, 2.05) is 4.98 Å². The molecule has 0 spiro atoms. The van der Waals surface area contributed by atoms with E-state index in [0.29, 0.717) is 5.56 Å². The van der Waals surface area contributed by atoms with Crippen molar-refractivity contribution in [3.05, 3.63) is 65.2 Å². The van der Waals surface area contributed by atoms with Crippen LogP contribution >= 0.6 is 15.9 Å². The van der Waals surface area contributed by atoms with Crippen LogP contribution in [0.4, 0.5) is 0 Å². The van der Waals surface area contributed by atoms with Crippen LogP contribution in [-0.2, 0) is 0 Å². The molecule has 0 amide bonds. The van der Waals surface area contributed by atoms with E-state index in [1.54, 1.807) is 0 Å². The number of aromatic amines is 4. The summed E-state index contributed by atoms with van der Waals surface area (Å²) in [6.07, 6.45) is 5.47. The molecule has 8 nitrogen and oxygen atoms in total. The van der Waals surface area contributed by atoms with Crippen LogP contribution in [0.1, 0.15) is 37.3 Å². The van der Waals surface area contributed by atoms with Gasteiger partial charge in [0.1, 0.15) is 11.1 Å². The lowest BCUT2D eigenvalue weighted by Crippen LogP contribution is -2.23. The normalized spacial score (nSPS) is 8.88. The van der Waals surface area contributed by atoms with Gasteiger partial charge in [-0.1, -0.05) is 25.2 Å². The zero-order chi connectivity index (χ0) is 18.7. The van der Waals surface area contributed by atoms with Gasteiger partial charge >= 0.3 is 11.4 Å². The number of hydrogen-bond donors (Lipinski definition) is 4. The topological polar surface area (TPSA) is 131 Å². The summed E-state index contributed by atoms with van der Waals surface area (Å²) in [5, 5.41) is 0. The largest absolute Gasteiger partial charge is 0.325 e. The predicted molar refractivity (Wildman–Crippen MR) is 97.6 cm³/mol. The molecule has 0 fully saturated rings. The Balaban J connectivity index is 0.000000257. The van der Waals surface area contributed by atoms with E-state index in [-0.39, 0.29) is 5.56 Å². The lowest BCUT2D eigenvalue weighted by atomic mass is 10.2. The van der Waals surface area contributed by atoms with E-state index in [4.69, 9.17) is 0 Å². The fourth-order valence-corrected chi connectivity index (χ4v) is 1.69. The molecule has 4 N–H and O–H groups in total. The van der Waals surface area contributed by atoms with Gasteiger partial charge in [0.15, 0.2) is 0 Å².